The van der Waals surface area contributed by atoms with Crippen molar-refractivity contribution in [1.29, 1.82) is 0 Å². The van der Waals surface area contributed by atoms with Gasteiger partial charge in [0.25, 0.3) is 5.91 Å². The Bertz CT molecular complexity index is 420. The minimum atomic E-state index is -0.0555. The normalized spacial score (nSPS) is 24.9. The zero-order valence-corrected chi connectivity index (χ0v) is 11.7. The minimum Gasteiger partial charge on any atom is -0.377 e. The lowest BCUT2D eigenvalue weighted by molar-refractivity contribution is 0.0612. The van der Waals surface area contributed by atoms with Crippen molar-refractivity contribution in [1.82, 2.24) is 20.2 Å². The lowest BCUT2D eigenvalue weighted by Gasteiger charge is -2.33. The molecule has 6 heteroatoms. The molecule has 3 heterocycles. The fourth-order valence-corrected chi connectivity index (χ4v) is 2.98. The second-order valence-corrected chi connectivity index (χ2v) is 5.65. The Morgan fingerprint density at radius 2 is 2.30 bits per heavy atom. The molecule has 0 spiro atoms. The molecule has 0 unspecified atom stereocenters. The highest BCUT2D eigenvalue weighted by Crippen LogP contribution is 2.17. The number of piperidine rings is 1. The SMILES string of the molecule is O=C(NC1CCN(C[C@H]2CCCO2)CC1)c1cnc[nH]1. The van der Waals surface area contributed by atoms with Crippen LogP contribution < -0.4 is 5.32 Å². The first-order valence-electron chi connectivity index (χ1n) is 7.44. The zero-order valence-electron chi connectivity index (χ0n) is 11.7. The summed E-state index contributed by atoms with van der Waals surface area (Å²) < 4.78 is 5.67. The van der Waals surface area contributed by atoms with E-state index < -0.39 is 0 Å². The molecule has 2 N–H and O–H groups in total. The van der Waals surface area contributed by atoms with Crippen LogP contribution in [0.25, 0.3) is 0 Å². The van der Waals surface area contributed by atoms with Gasteiger partial charge < -0.3 is 19.9 Å². The van der Waals surface area contributed by atoms with Gasteiger partial charge in [-0.2, -0.15) is 0 Å². The van der Waals surface area contributed by atoms with Gasteiger partial charge in [0.2, 0.25) is 0 Å². The fraction of sp³-hybridized carbons (Fsp3) is 0.714. The molecule has 6 nitrogen and oxygen atoms in total. The Balaban J connectivity index is 1.40. The molecule has 2 aliphatic heterocycles. The Morgan fingerprint density at radius 3 is 2.95 bits per heavy atom. The average molecular weight is 278 g/mol. The standard InChI is InChI=1S/C14H22N4O2/c19-14(13-8-15-10-16-13)17-11-3-5-18(6-4-11)9-12-2-1-7-20-12/h8,10-12H,1-7,9H2,(H,15,16)(H,17,19)/t12-/m1/s1. The molecule has 2 saturated heterocycles. The van der Waals surface area contributed by atoms with Gasteiger partial charge >= 0.3 is 0 Å². The smallest absolute Gasteiger partial charge is 0.269 e. The lowest BCUT2D eigenvalue weighted by atomic mass is 10.0. The molecule has 3 rings (SSSR count). The van der Waals surface area contributed by atoms with Crippen molar-refractivity contribution >= 4 is 5.91 Å². The van der Waals surface area contributed by atoms with Gasteiger partial charge in [0.15, 0.2) is 0 Å². The number of hydrogen-bond donors (Lipinski definition) is 2. The second-order valence-electron chi connectivity index (χ2n) is 5.65. The molecule has 1 aromatic heterocycles. The van der Waals surface area contributed by atoms with Crippen molar-refractivity contribution in [3.8, 4) is 0 Å². The molecule has 20 heavy (non-hydrogen) atoms. The van der Waals surface area contributed by atoms with Crippen LogP contribution >= 0.6 is 0 Å². The van der Waals surface area contributed by atoms with Gasteiger partial charge in [-0.15, -0.1) is 0 Å². The predicted octanol–water partition coefficient (Wildman–Crippen LogP) is 0.783. The van der Waals surface area contributed by atoms with Crippen LogP contribution in [0.3, 0.4) is 0 Å². The number of imidazole rings is 1. The van der Waals surface area contributed by atoms with Gasteiger partial charge in [0.05, 0.1) is 18.6 Å². The van der Waals surface area contributed by atoms with Crippen molar-refractivity contribution < 1.29 is 9.53 Å². The van der Waals surface area contributed by atoms with Crippen LogP contribution in [-0.2, 0) is 4.74 Å². The Labute approximate surface area is 118 Å². The molecule has 1 aromatic rings. The van der Waals surface area contributed by atoms with Gasteiger partial charge in [-0.1, -0.05) is 0 Å². The molecule has 0 bridgehead atoms. The number of likely N-dealkylation sites (tertiary alicyclic amines) is 1. The van der Waals surface area contributed by atoms with E-state index >= 15 is 0 Å². The monoisotopic (exact) mass is 278 g/mol. The Morgan fingerprint density at radius 1 is 1.45 bits per heavy atom. The quantitative estimate of drug-likeness (QED) is 0.854. The summed E-state index contributed by atoms with van der Waals surface area (Å²) in [5, 5.41) is 3.07. The lowest BCUT2D eigenvalue weighted by Crippen LogP contribution is -2.46. The van der Waals surface area contributed by atoms with Gasteiger partial charge in [0, 0.05) is 32.3 Å². The van der Waals surface area contributed by atoms with Crippen LogP contribution in [0.2, 0.25) is 0 Å². The van der Waals surface area contributed by atoms with Crippen LogP contribution in [-0.4, -0.2) is 59.2 Å². The van der Waals surface area contributed by atoms with E-state index in [-0.39, 0.29) is 11.9 Å². The summed E-state index contributed by atoms with van der Waals surface area (Å²) in [6.45, 7) is 4.03. The van der Waals surface area contributed by atoms with Gasteiger partial charge in [-0.25, -0.2) is 4.98 Å². The van der Waals surface area contributed by atoms with E-state index in [1.165, 1.54) is 19.2 Å². The number of carbonyl (C=O) groups is 1. The molecule has 1 amide bonds. The maximum absolute atomic E-state index is 11.9. The predicted molar refractivity (Wildman–Crippen MR) is 74.5 cm³/mol. The van der Waals surface area contributed by atoms with Crippen LogP contribution in [0.4, 0.5) is 0 Å². The number of hydrogen-bond acceptors (Lipinski definition) is 4. The van der Waals surface area contributed by atoms with E-state index in [0.717, 1.165) is 39.1 Å². The maximum Gasteiger partial charge on any atom is 0.269 e. The number of amides is 1. The summed E-state index contributed by atoms with van der Waals surface area (Å²) in [7, 11) is 0. The molecule has 0 radical (unpaired) electrons. The number of aromatic amines is 1. The van der Waals surface area contributed by atoms with Crippen molar-refractivity contribution in [3.05, 3.63) is 18.2 Å². The summed E-state index contributed by atoms with van der Waals surface area (Å²) in [5.41, 5.74) is 0.534. The molecule has 2 aliphatic rings. The highest BCUT2D eigenvalue weighted by atomic mass is 16.5. The van der Waals surface area contributed by atoms with E-state index in [4.69, 9.17) is 4.74 Å². The second kappa shape index (κ2) is 6.37. The van der Waals surface area contributed by atoms with Gasteiger partial charge in [0.1, 0.15) is 5.69 Å². The minimum absolute atomic E-state index is 0.0555. The molecule has 1 atom stereocenters. The number of aromatic nitrogens is 2. The van der Waals surface area contributed by atoms with E-state index in [0.29, 0.717) is 11.8 Å². The summed E-state index contributed by atoms with van der Waals surface area (Å²) in [4.78, 5) is 21.1. The highest BCUT2D eigenvalue weighted by Gasteiger charge is 2.24. The maximum atomic E-state index is 11.9. The summed E-state index contributed by atoms with van der Waals surface area (Å²) in [6, 6.07) is 0.270. The topological polar surface area (TPSA) is 70.2 Å². The van der Waals surface area contributed by atoms with Crippen molar-refractivity contribution in [2.45, 2.75) is 37.8 Å². The van der Waals surface area contributed by atoms with Crippen molar-refractivity contribution in [2.24, 2.45) is 0 Å². The van der Waals surface area contributed by atoms with Crippen molar-refractivity contribution in [2.75, 3.05) is 26.2 Å². The van der Waals surface area contributed by atoms with Crippen molar-refractivity contribution in [3.63, 3.8) is 0 Å². The third-order valence-corrected chi connectivity index (χ3v) is 4.15. The summed E-state index contributed by atoms with van der Waals surface area (Å²) in [5.74, 6) is -0.0555. The van der Waals surface area contributed by atoms with E-state index in [1.54, 1.807) is 6.20 Å². The molecule has 110 valence electrons. The molecule has 0 saturated carbocycles. The van der Waals surface area contributed by atoms with E-state index in [2.05, 4.69) is 20.2 Å². The zero-order chi connectivity index (χ0) is 13.8. The number of carbonyl (C=O) groups excluding carboxylic acids is 1. The molecular formula is C14H22N4O2. The van der Waals surface area contributed by atoms with Gasteiger partial charge in [-0.3, -0.25) is 4.79 Å². The largest absolute Gasteiger partial charge is 0.377 e. The molecule has 2 fully saturated rings. The average Bonchev–Trinajstić information content (AvgIpc) is 3.13. The molecule has 0 aliphatic carbocycles. The first kappa shape index (κ1) is 13.6. The van der Waals surface area contributed by atoms with Crippen LogP contribution in [0.5, 0.6) is 0 Å². The van der Waals surface area contributed by atoms with Crippen LogP contribution in [0.15, 0.2) is 12.5 Å². The fourth-order valence-electron chi connectivity index (χ4n) is 2.98. The van der Waals surface area contributed by atoms with E-state index in [9.17, 15) is 4.79 Å². The van der Waals surface area contributed by atoms with E-state index in [1.807, 2.05) is 0 Å². The Kier molecular flexibility index (Phi) is 4.32. The number of ether oxygens (including phenoxy) is 1. The Hall–Kier alpha value is -1.40. The summed E-state index contributed by atoms with van der Waals surface area (Å²) >= 11 is 0. The molecule has 0 aromatic carbocycles. The van der Waals surface area contributed by atoms with Crippen LogP contribution in [0, 0.1) is 0 Å². The van der Waals surface area contributed by atoms with Gasteiger partial charge in [-0.05, 0) is 25.7 Å². The van der Waals surface area contributed by atoms with Crippen LogP contribution in [0.1, 0.15) is 36.2 Å². The third kappa shape index (κ3) is 3.37. The number of H-pyrrole nitrogens is 1. The molecular weight excluding hydrogens is 256 g/mol. The summed E-state index contributed by atoms with van der Waals surface area (Å²) in [6.07, 6.45) is 7.91. The third-order valence-electron chi connectivity index (χ3n) is 4.15. The number of nitrogens with one attached hydrogen (secondary N) is 2. The highest BCUT2D eigenvalue weighted by molar-refractivity contribution is 5.92. The number of nitrogens with zero attached hydrogens (tertiary/aromatic N) is 2. The first-order valence-corrected chi connectivity index (χ1v) is 7.44. The first-order chi connectivity index (χ1) is 9.81. The number of rotatable bonds is 4.